The van der Waals surface area contributed by atoms with Gasteiger partial charge in [-0.2, -0.15) is 0 Å². The van der Waals surface area contributed by atoms with Gasteiger partial charge in [-0.3, -0.25) is 0 Å². The summed E-state index contributed by atoms with van der Waals surface area (Å²) in [5.74, 6) is -0.181. The number of anilines is 1. The molecule has 0 unspecified atom stereocenters. The maximum Gasteiger partial charge on any atom is 0.123 e. The Hall–Kier alpha value is -1.87. The fraction of sp³-hybridized carbons (Fsp3) is 0.400. The van der Waals surface area contributed by atoms with Gasteiger partial charge in [0.25, 0.3) is 0 Å². The number of nitrogens with zero attached hydrogens (tertiary/aromatic N) is 2. The van der Waals surface area contributed by atoms with E-state index in [1.165, 1.54) is 11.1 Å². The van der Waals surface area contributed by atoms with Gasteiger partial charge in [-0.1, -0.05) is 29.3 Å². The number of benzene rings is 2. The lowest BCUT2D eigenvalue weighted by Crippen LogP contribution is -2.34. The maximum absolute atomic E-state index is 13.9. The van der Waals surface area contributed by atoms with Crippen LogP contribution in [0.5, 0.6) is 0 Å². The van der Waals surface area contributed by atoms with Crippen molar-refractivity contribution in [1.82, 2.24) is 4.90 Å². The molecule has 2 nitrogen and oxygen atoms in total. The third-order valence-electron chi connectivity index (χ3n) is 4.79. The molecule has 3 heteroatoms. The van der Waals surface area contributed by atoms with E-state index in [4.69, 9.17) is 0 Å². The Kier molecular flexibility index (Phi) is 4.40. The van der Waals surface area contributed by atoms with Crippen LogP contribution in [0.4, 0.5) is 10.1 Å². The standard InChI is InChI=1S/C20H25FN2/c1-14-9-15(2)11-16(10-14)19-12-17(21)5-6-20(19)23(4)18-7-8-22(3)13-18/h5-6,9-12,18H,7-8,13H2,1-4H3/t18-/m1/s1. The number of rotatable bonds is 3. The Morgan fingerprint density at radius 3 is 2.39 bits per heavy atom. The van der Waals surface area contributed by atoms with Gasteiger partial charge in [-0.25, -0.2) is 4.39 Å². The van der Waals surface area contributed by atoms with Crippen LogP contribution in [0, 0.1) is 19.7 Å². The molecule has 0 bridgehead atoms. The zero-order valence-electron chi connectivity index (χ0n) is 14.4. The van der Waals surface area contributed by atoms with Crippen molar-refractivity contribution < 1.29 is 4.39 Å². The van der Waals surface area contributed by atoms with Gasteiger partial charge in [-0.15, -0.1) is 0 Å². The second-order valence-electron chi connectivity index (χ2n) is 6.85. The second kappa shape index (κ2) is 6.32. The van der Waals surface area contributed by atoms with Crippen molar-refractivity contribution in [2.24, 2.45) is 0 Å². The van der Waals surface area contributed by atoms with Crippen LogP contribution in [0.15, 0.2) is 36.4 Å². The number of likely N-dealkylation sites (tertiary alicyclic amines) is 1. The highest BCUT2D eigenvalue weighted by Gasteiger charge is 2.25. The minimum Gasteiger partial charge on any atom is -0.370 e. The van der Waals surface area contributed by atoms with Crippen LogP contribution in [0.25, 0.3) is 11.1 Å². The maximum atomic E-state index is 13.9. The second-order valence-corrected chi connectivity index (χ2v) is 6.85. The highest BCUT2D eigenvalue weighted by molar-refractivity contribution is 5.79. The third kappa shape index (κ3) is 3.40. The fourth-order valence-corrected chi connectivity index (χ4v) is 3.60. The Balaban J connectivity index is 2.04. The van der Waals surface area contributed by atoms with E-state index < -0.39 is 0 Å². The molecular weight excluding hydrogens is 287 g/mol. The van der Waals surface area contributed by atoms with Crippen LogP contribution in [-0.2, 0) is 0 Å². The van der Waals surface area contributed by atoms with Gasteiger partial charge in [0.15, 0.2) is 0 Å². The largest absolute Gasteiger partial charge is 0.370 e. The van der Waals surface area contributed by atoms with Crippen molar-refractivity contribution in [3.05, 3.63) is 53.3 Å². The van der Waals surface area contributed by atoms with Crippen LogP contribution in [0.2, 0.25) is 0 Å². The molecule has 3 rings (SSSR count). The monoisotopic (exact) mass is 312 g/mol. The van der Waals surface area contributed by atoms with E-state index in [9.17, 15) is 4.39 Å². The van der Waals surface area contributed by atoms with Crippen LogP contribution in [-0.4, -0.2) is 38.1 Å². The molecule has 2 aromatic rings. The summed E-state index contributed by atoms with van der Waals surface area (Å²) in [6.07, 6.45) is 1.15. The number of likely N-dealkylation sites (N-methyl/N-ethyl adjacent to an activating group) is 2. The number of halogens is 1. The fourth-order valence-electron chi connectivity index (χ4n) is 3.60. The van der Waals surface area contributed by atoms with Crippen LogP contribution in [0.1, 0.15) is 17.5 Å². The number of hydrogen-bond donors (Lipinski definition) is 0. The summed E-state index contributed by atoms with van der Waals surface area (Å²) in [6.45, 7) is 6.35. The molecule has 0 saturated carbocycles. The van der Waals surface area contributed by atoms with Crippen molar-refractivity contribution >= 4 is 5.69 Å². The molecule has 0 spiro atoms. The van der Waals surface area contributed by atoms with E-state index in [0.29, 0.717) is 6.04 Å². The van der Waals surface area contributed by atoms with Crippen molar-refractivity contribution in [2.45, 2.75) is 26.3 Å². The molecule has 1 saturated heterocycles. The highest BCUT2D eigenvalue weighted by Crippen LogP contribution is 2.34. The number of hydrogen-bond acceptors (Lipinski definition) is 2. The zero-order valence-corrected chi connectivity index (χ0v) is 14.4. The molecule has 0 amide bonds. The molecule has 0 radical (unpaired) electrons. The molecular formula is C20H25FN2. The highest BCUT2D eigenvalue weighted by atomic mass is 19.1. The van der Waals surface area contributed by atoms with Gasteiger partial charge in [0.2, 0.25) is 0 Å². The summed E-state index contributed by atoms with van der Waals surface area (Å²) in [5, 5.41) is 0. The molecule has 1 aliphatic heterocycles. The summed E-state index contributed by atoms with van der Waals surface area (Å²) >= 11 is 0. The molecule has 1 aliphatic rings. The predicted molar refractivity (Wildman–Crippen MR) is 95.6 cm³/mol. The Labute approximate surface area is 138 Å². The van der Waals surface area contributed by atoms with Gasteiger partial charge in [0, 0.05) is 30.9 Å². The van der Waals surface area contributed by atoms with Crippen molar-refractivity contribution in [3.8, 4) is 11.1 Å². The molecule has 1 atom stereocenters. The Morgan fingerprint density at radius 2 is 1.78 bits per heavy atom. The first-order valence-electron chi connectivity index (χ1n) is 8.23. The third-order valence-corrected chi connectivity index (χ3v) is 4.79. The average Bonchev–Trinajstić information content (AvgIpc) is 2.92. The van der Waals surface area contributed by atoms with Crippen molar-refractivity contribution in [1.29, 1.82) is 0 Å². The minimum atomic E-state index is -0.181. The lowest BCUT2D eigenvalue weighted by atomic mass is 9.98. The van der Waals surface area contributed by atoms with E-state index in [1.54, 1.807) is 12.1 Å². The minimum absolute atomic E-state index is 0.181. The topological polar surface area (TPSA) is 6.48 Å². The van der Waals surface area contributed by atoms with Gasteiger partial charge in [0.05, 0.1) is 0 Å². The van der Waals surface area contributed by atoms with Crippen LogP contribution in [0.3, 0.4) is 0 Å². The Morgan fingerprint density at radius 1 is 1.09 bits per heavy atom. The normalized spacial score (nSPS) is 18.4. The number of aryl methyl sites for hydroxylation is 2. The first kappa shape index (κ1) is 16.0. The SMILES string of the molecule is Cc1cc(C)cc(-c2cc(F)ccc2N(C)[C@@H]2CCN(C)C2)c1. The van der Waals surface area contributed by atoms with E-state index >= 15 is 0 Å². The van der Waals surface area contributed by atoms with Gasteiger partial charge >= 0.3 is 0 Å². The van der Waals surface area contributed by atoms with Crippen LogP contribution >= 0.6 is 0 Å². The van der Waals surface area contributed by atoms with Gasteiger partial charge in [0.1, 0.15) is 5.82 Å². The molecule has 0 aliphatic carbocycles. The molecule has 122 valence electrons. The molecule has 23 heavy (non-hydrogen) atoms. The van der Waals surface area contributed by atoms with Crippen molar-refractivity contribution in [2.75, 3.05) is 32.1 Å². The summed E-state index contributed by atoms with van der Waals surface area (Å²) in [6, 6.07) is 12.1. The lowest BCUT2D eigenvalue weighted by molar-refractivity contribution is 0.409. The van der Waals surface area contributed by atoms with E-state index in [2.05, 4.69) is 55.9 Å². The lowest BCUT2D eigenvalue weighted by Gasteiger charge is -2.29. The smallest absolute Gasteiger partial charge is 0.123 e. The van der Waals surface area contributed by atoms with Gasteiger partial charge in [-0.05, 0) is 57.6 Å². The molecule has 1 fully saturated rings. The van der Waals surface area contributed by atoms with E-state index in [-0.39, 0.29) is 5.82 Å². The molecule has 0 N–H and O–H groups in total. The summed E-state index contributed by atoms with van der Waals surface area (Å²) < 4.78 is 13.9. The summed E-state index contributed by atoms with van der Waals surface area (Å²) in [5.41, 5.74) is 5.60. The van der Waals surface area contributed by atoms with Crippen LogP contribution < -0.4 is 4.90 Å². The molecule has 1 heterocycles. The Bertz CT molecular complexity index is 691. The zero-order chi connectivity index (χ0) is 16.6. The van der Waals surface area contributed by atoms with E-state index in [0.717, 1.165) is 36.3 Å². The predicted octanol–water partition coefficient (Wildman–Crippen LogP) is 4.25. The van der Waals surface area contributed by atoms with Crippen molar-refractivity contribution in [3.63, 3.8) is 0 Å². The average molecular weight is 312 g/mol. The quantitative estimate of drug-likeness (QED) is 0.836. The summed E-state index contributed by atoms with van der Waals surface area (Å²) in [4.78, 5) is 4.66. The first-order chi connectivity index (χ1) is 10.9. The molecule has 2 aromatic carbocycles. The summed E-state index contributed by atoms with van der Waals surface area (Å²) in [7, 11) is 4.28. The van der Waals surface area contributed by atoms with E-state index in [1.807, 2.05) is 6.07 Å². The van der Waals surface area contributed by atoms with Gasteiger partial charge < -0.3 is 9.80 Å². The molecule has 0 aromatic heterocycles. The first-order valence-corrected chi connectivity index (χ1v) is 8.23.